The van der Waals surface area contributed by atoms with Gasteiger partial charge < -0.3 is 14.2 Å². The molecule has 0 atom stereocenters. The molecular formula is C25H22N4O4S. The number of anilines is 1. The van der Waals surface area contributed by atoms with E-state index in [0.717, 1.165) is 31.7 Å². The maximum atomic E-state index is 12.5. The number of piperazine rings is 1. The largest absolute Gasteiger partial charge is 0.456 e. The number of amides is 1. The van der Waals surface area contributed by atoms with Crippen molar-refractivity contribution in [2.45, 2.75) is 6.92 Å². The molecule has 0 radical (unpaired) electrons. The Morgan fingerprint density at radius 1 is 1.03 bits per heavy atom. The summed E-state index contributed by atoms with van der Waals surface area (Å²) in [7, 11) is 0. The third-order valence-corrected chi connectivity index (χ3v) is 6.84. The minimum Gasteiger partial charge on any atom is -0.456 e. The molecule has 0 N–H and O–H groups in total. The Hall–Kier alpha value is -3.85. The lowest BCUT2D eigenvalue weighted by molar-refractivity contribution is -0.384. The summed E-state index contributed by atoms with van der Waals surface area (Å²) >= 11 is 1.33. The number of benzene rings is 2. The summed E-state index contributed by atoms with van der Waals surface area (Å²) in [5, 5.41) is 12.1. The van der Waals surface area contributed by atoms with Crippen molar-refractivity contribution in [3.63, 3.8) is 0 Å². The molecule has 9 heteroatoms. The van der Waals surface area contributed by atoms with Gasteiger partial charge in [0.1, 0.15) is 11.5 Å². The molecule has 1 aromatic heterocycles. The number of aliphatic imine (C=N–C) groups is 1. The number of para-hydroxylation sites is 1. The monoisotopic (exact) mass is 474 g/mol. The van der Waals surface area contributed by atoms with Crippen LogP contribution in [0.15, 0.2) is 75.0 Å². The van der Waals surface area contributed by atoms with E-state index in [9.17, 15) is 14.9 Å². The number of nitro benzene ring substituents is 1. The molecule has 1 saturated heterocycles. The minimum atomic E-state index is -0.420. The molecule has 5 rings (SSSR count). The van der Waals surface area contributed by atoms with E-state index < -0.39 is 4.92 Å². The molecule has 3 heterocycles. The van der Waals surface area contributed by atoms with Crippen LogP contribution in [0.2, 0.25) is 0 Å². The van der Waals surface area contributed by atoms with E-state index in [1.165, 1.54) is 23.5 Å². The van der Waals surface area contributed by atoms with Gasteiger partial charge in [-0.3, -0.25) is 14.9 Å². The van der Waals surface area contributed by atoms with E-state index in [-0.39, 0.29) is 11.6 Å². The Labute approximate surface area is 200 Å². The van der Waals surface area contributed by atoms with Crippen LogP contribution in [0.25, 0.3) is 17.4 Å². The summed E-state index contributed by atoms with van der Waals surface area (Å²) in [6.45, 7) is 5.07. The fourth-order valence-corrected chi connectivity index (χ4v) is 4.98. The summed E-state index contributed by atoms with van der Waals surface area (Å²) in [5.74, 6) is 0.531. The van der Waals surface area contributed by atoms with E-state index in [1.54, 1.807) is 37.3 Å². The zero-order valence-corrected chi connectivity index (χ0v) is 19.3. The van der Waals surface area contributed by atoms with E-state index in [2.05, 4.69) is 26.9 Å². The second kappa shape index (κ2) is 9.18. The number of hydrogen-bond acceptors (Lipinski definition) is 7. The zero-order valence-electron chi connectivity index (χ0n) is 18.5. The second-order valence-corrected chi connectivity index (χ2v) is 9.11. The number of nitro groups is 1. The third kappa shape index (κ3) is 4.47. The van der Waals surface area contributed by atoms with Gasteiger partial charge in [0, 0.05) is 44.0 Å². The maximum Gasteiger partial charge on any atom is 0.286 e. The van der Waals surface area contributed by atoms with Crippen molar-refractivity contribution in [2.24, 2.45) is 4.99 Å². The Kier molecular flexibility index (Phi) is 5.93. The number of hydrogen-bond donors (Lipinski definition) is 0. The zero-order chi connectivity index (χ0) is 23.7. The molecule has 0 unspecified atom stereocenters. The lowest BCUT2D eigenvalue weighted by atomic mass is 10.1. The minimum absolute atomic E-state index is 0.0138. The first-order chi connectivity index (χ1) is 16.5. The van der Waals surface area contributed by atoms with Gasteiger partial charge in [0.15, 0.2) is 5.17 Å². The van der Waals surface area contributed by atoms with Crippen LogP contribution in [0.5, 0.6) is 0 Å². The van der Waals surface area contributed by atoms with Crippen molar-refractivity contribution in [1.82, 2.24) is 4.90 Å². The molecule has 1 fully saturated rings. The van der Waals surface area contributed by atoms with Crippen LogP contribution in [0.1, 0.15) is 11.3 Å². The molecule has 172 valence electrons. The number of aryl methyl sites for hydroxylation is 1. The standard InChI is InChI=1S/C25H22N4O4S/c1-17-7-9-20(21(15-17)29(31)32)22-10-8-19(33-22)16-23-24(30)26-25(34-23)28-13-11-27(12-14-28)18-5-3-2-4-6-18/h2-10,15-16H,11-14H2,1H3/b23-16-. The lowest BCUT2D eigenvalue weighted by Crippen LogP contribution is -2.47. The van der Waals surface area contributed by atoms with Crippen molar-refractivity contribution < 1.29 is 14.1 Å². The molecule has 2 aliphatic rings. The van der Waals surface area contributed by atoms with Crippen LogP contribution >= 0.6 is 11.8 Å². The highest BCUT2D eigenvalue weighted by Gasteiger charge is 2.29. The normalized spacial score (nSPS) is 17.4. The van der Waals surface area contributed by atoms with Gasteiger partial charge in [-0.25, -0.2) is 0 Å². The van der Waals surface area contributed by atoms with Gasteiger partial charge in [0.2, 0.25) is 0 Å². The number of amidine groups is 1. The van der Waals surface area contributed by atoms with Crippen molar-refractivity contribution in [3.8, 4) is 11.3 Å². The molecule has 2 aromatic carbocycles. The number of rotatable bonds is 4. The van der Waals surface area contributed by atoms with Gasteiger partial charge in [0.05, 0.1) is 15.4 Å². The first kappa shape index (κ1) is 22.0. The van der Waals surface area contributed by atoms with Gasteiger partial charge in [-0.1, -0.05) is 24.3 Å². The van der Waals surface area contributed by atoms with Crippen LogP contribution in [0.4, 0.5) is 11.4 Å². The second-order valence-electron chi connectivity index (χ2n) is 8.10. The number of furan rings is 1. The quantitative estimate of drug-likeness (QED) is 0.300. The van der Waals surface area contributed by atoms with E-state index in [1.807, 2.05) is 18.2 Å². The van der Waals surface area contributed by atoms with E-state index >= 15 is 0 Å². The van der Waals surface area contributed by atoms with Crippen LogP contribution in [0.3, 0.4) is 0 Å². The van der Waals surface area contributed by atoms with Gasteiger partial charge in [-0.2, -0.15) is 4.99 Å². The van der Waals surface area contributed by atoms with Crippen molar-refractivity contribution >= 4 is 40.3 Å². The highest BCUT2D eigenvalue weighted by molar-refractivity contribution is 8.18. The van der Waals surface area contributed by atoms with Crippen LogP contribution < -0.4 is 4.90 Å². The molecule has 0 aliphatic carbocycles. The summed E-state index contributed by atoms with van der Waals surface area (Å²) in [6.07, 6.45) is 1.65. The Balaban J connectivity index is 1.27. The van der Waals surface area contributed by atoms with Crippen LogP contribution in [-0.2, 0) is 4.79 Å². The van der Waals surface area contributed by atoms with Gasteiger partial charge >= 0.3 is 0 Å². The fraction of sp³-hybridized carbons (Fsp3) is 0.200. The van der Waals surface area contributed by atoms with Crippen molar-refractivity contribution in [2.75, 3.05) is 31.1 Å². The predicted molar refractivity (Wildman–Crippen MR) is 134 cm³/mol. The topological polar surface area (TPSA) is 92.2 Å². The highest BCUT2D eigenvalue weighted by Crippen LogP contribution is 2.35. The number of carbonyl (C=O) groups excluding carboxylic acids is 1. The smallest absolute Gasteiger partial charge is 0.286 e. The van der Waals surface area contributed by atoms with Crippen molar-refractivity contribution in [1.29, 1.82) is 0 Å². The summed E-state index contributed by atoms with van der Waals surface area (Å²) in [4.78, 5) is 32.7. The molecule has 0 saturated carbocycles. The maximum absolute atomic E-state index is 12.5. The highest BCUT2D eigenvalue weighted by atomic mass is 32.2. The first-order valence-electron chi connectivity index (χ1n) is 10.9. The van der Waals surface area contributed by atoms with Gasteiger partial charge in [0.25, 0.3) is 11.6 Å². The average molecular weight is 475 g/mol. The molecule has 0 spiro atoms. The van der Waals surface area contributed by atoms with Crippen LogP contribution in [-0.4, -0.2) is 47.1 Å². The molecule has 2 aliphatic heterocycles. The average Bonchev–Trinajstić information content (AvgIpc) is 3.46. The fourth-order valence-electron chi connectivity index (χ4n) is 4.03. The van der Waals surface area contributed by atoms with Gasteiger partial charge in [-0.15, -0.1) is 0 Å². The lowest BCUT2D eigenvalue weighted by Gasteiger charge is -2.36. The number of thioether (sulfide) groups is 1. The predicted octanol–water partition coefficient (Wildman–Crippen LogP) is 4.96. The molecule has 3 aromatic rings. The SMILES string of the molecule is Cc1ccc(-c2ccc(/C=C3\SC(N4CCN(c5ccccc5)CC4)=NC3=O)o2)c([N+](=O)[O-])c1. The van der Waals surface area contributed by atoms with Gasteiger partial charge in [-0.05, 0) is 54.6 Å². The van der Waals surface area contributed by atoms with E-state index in [0.29, 0.717) is 27.2 Å². The number of nitrogens with zero attached hydrogens (tertiary/aromatic N) is 4. The molecule has 34 heavy (non-hydrogen) atoms. The molecule has 8 nitrogen and oxygen atoms in total. The molecule has 1 amide bonds. The summed E-state index contributed by atoms with van der Waals surface area (Å²) in [5.41, 5.74) is 2.38. The third-order valence-electron chi connectivity index (χ3n) is 5.80. The Bertz CT molecular complexity index is 1310. The van der Waals surface area contributed by atoms with Crippen LogP contribution in [0, 0.1) is 17.0 Å². The summed E-state index contributed by atoms with van der Waals surface area (Å²) in [6, 6.07) is 18.7. The number of carbonyl (C=O) groups is 1. The Morgan fingerprint density at radius 3 is 2.50 bits per heavy atom. The van der Waals surface area contributed by atoms with E-state index in [4.69, 9.17) is 4.42 Å². The molecule has 0 bridgehead atoms. The molecular weight excluding hydrogens is 452 g/mol. The first-order valence-corrected chi connectivity index (χ1v) is 11.7. The van der Waals surface area contributed by atoms with Crippen molar-refractivity contribution in [3.05, 3.63) is 87.0 Å². The Morgan fingerprint density at radius 2 is 1.76 bits per heavy atom. The summed E-state index contributed by atoms with van der Waals surface area (Å²) < 4.78 is 5.84.